The van der Waals surface area contributed by atoms with Crippen molar-refractivity contribution in [3.05, 3.63) is 81.5 Å². The number of aryl methyl sites for hydroxylation is 3. The lowest BCUT2D eigenvalue weighted by Crippen LogP contribution is -2.41. The summed E-state index contributed by atoms with van der Waals surface area (Å²) in [5.74, 6) is 1.08. The summed E-state index contributed by atoms with van der Waals surface area (Å²) < 4.78 is 40.0. The van der Waals surface area contributed by atoms with E-state index in [0.717, 1.165) is 43.1 Å². The Morgan fingerprint density at radius 2 is 2.00 bits per heavy atom. The van der Waals surface area contributed by atoms with Crippen LogP contribution in [0.25, 0.3) is 0 Å². The highest BCUT2D eigenvalue weighted by Crippen LogP contribution is 2.42. The Hall–Kier alpha value is -2.26. The summed E-state index contributed by atoms with van der Waals surface area (Å²) in [6.45, 7) is 3.31. The van der Waals surface area contributed by atoms with Crippen molar-refractivity contribution in [2.45, 2.75) is 43.0 Å². The standard InChI is InChI=1S/C26H30ClFN4O2S/c1-31-16-26(35(29,33)34)30-25(31)7-6-18-13-23-19(14-24(18)28)12-20(15-32-8-3-9-32)22(23)11-17-4-2-5-21(27)10-17/h2,4-5,10,13-14,16,20,22H,3,6-9,11-12,15H2,1H3,(H2,29,33,34). The monoisotopic (exact) mass is 516 g/mol. The number of nitrogens with two attached hydrogens (primary N) is 1. The van der Waals surface area contributed by atoms with Gasteiger partial charge in [-0.15, -0.1) is 0 Å². The van der Waals surface area contributed by atoms with E-state index in [1.165, 1.54) is 23.7 Å². The molecule has 2 N–H and O–H groups in total. The number of hydrogen-bond donors (Lipinski definition) is 1. The number of likely N-dealkylation sites (tertiary alicyclic amines) is 1. The highest BCUT2D eigenvalue weighted by atomic mass is 35.5. The number of fused-ring (bicyclic) bond motifs is 1. The number of rotatable bonds is 8. The van der Waals surface area contributed by atoms with Crippen molar-refractivity contribution >= 4 is 21.6 Å². The zero-order chi connectivity index (χ0) is 24.7. The summed E-state index contributed by atoms with van der Waals surface area (Å²) in [5.41, 5.74) is 4.14. The van der Waals surface area contributed by atoms with E-state index in [0.29, 0.717) is 36.1 Å². The molecule has 1 saturated heterocycles. The Balaban J connectivity index is 1.40. The number of aromatic nitrogens is 2. The highest BCUT2D eigenvalue weighted by molar-refractivity contribution is 7.89. The normalized spacial score (nSPS) is 20.1. The fourth-order valence-electron chi connectivity index (χ4n) is 5.44. The molecule has 35 heavy (non-hydrogen) atoms. The van der Waals surface area contributed by atoms with E-state index in [9.17, 15) is 8.42 Å². The Kier molecular flexibility index (Phi) is 6.74. The third-order valence-electron chi connectivity index (χ3n) is 7.40. The van der Waals surface area contributed by atoms with Crippen LogP contribution in [0.5, 0.6) is 0 Å². The Morgan fingerprint density at radius 3 is 2.66 bits per heavy atom. The van der Waals surface area contributed by atoms with Crippen LogP contribution in [-0.4, -0.2) is 42.5 Å². The maximum Gasteiger partial charge on any atom is 0.257 e. The smallest absolute Gasteiger partial charge is 0.257 e. The molecule has 0 saturated carbocycles. The molecular formula is C26H30ClFN4O2S. The molecule has 0 radical (unpaired) electrons. The van der Waals surface area contributed by atoms with E-state index in [-0.39, 0.29) is 10.8 Å². The molecule has 1 fully saturated rings. The molecule has 5 rings (SSSR count). The van der Waals surface area contributed by atoms with Gasteiger partial charge in [-0.3, -0.25) is 0 Å². The topological polar surface area (TPSA) is 81.2 Å². The van der Waals surface area contributed by atoms with Crippen LogP contribution in [0.4, 0.5) is 4.39 Å². The molecule has 1 aromatic heterocycles. The second-order valence-corrected chi connectivity index (χ2v) is 11.8. The van der Waals surface area contributed by atoms with E-state index >= 15 is 4.39 Å². The average molecular weight is 517 g/mol. The first-order valence-corrected chi connectivity index (χ1v) is 13.9. The first-order valence-electron chi connectivity index (χ1n) is 12.0. The number of nitrogens with zero attached hydrogens (tertiary/aromatic N) is 3. The van der Waals surface area contributed by atoms with Gasteiger partial charge in [0.05, 0.1) is 0 Å². The van der Waals surface area contributed by atoms with E-state index in [2.05, 4.69) is 16.0 Å². The van der Waals surface area contributed by atoms with Gasteiger partial charge in [-0.1, -0.05) is 29.8 Å². The quantitative estimate of drug-likeness (QED) is 0.493. The molecule has 2 aromatic carbocycles. The summed E-state index contributed by atoms with van der Waals surface area (Å²) in [5, 5.41) is 5.77. The molecule has 2 aliphatic rings. The zero-order valence-electron chi connectivity index (χ0n) is 19.8. The van der Waals surface area contributed by atoms with Gasteiger partial charge in [0.15, 0.2) is 5.03 Å². The number of benzene rings is 2. The van der Waals surface area contributed by atoms with E-state index in [4.69, 9.17) is 16.7 Å². The summed E-state index contributed by atoms with van der Waals surface area (Å²) in [6, 6.07) is 11.7. The van der Waals surface area contributed by atoms with Crippen LogP contribution < -0.4 is 5.14 Å². The first kappa shape index (κ1) is 24.4. The Morgan fingerprint density at radius 1 is 1.20 bits per heavy atom. The van der Waals surface area contributed by atoms with Gasteiger partial charge in [0.2, 0.25) is 0 Å². The Bertz CT molecular complexity index is 1350. The van der Waals surface area contributed by atoms with E-state index < -0.39 is 10.0 Å². The van der Waals surface area contributed by atoms with Crippen LogP contribution in [0.1, 0.15) is 40.4 Å². The fraction of sp³-hybridized carbons (Fsp3) is 0.423. The minimum Gasteiger partial charge on any atom is -0.337 e. The SMILES string of the molecule is Cn1cc(S(N)(=O)=O)nc1CCc1cc2c(cc1F)CC(CN1CCC1)C2Cc1cccc(Cl)c1. The van der Waals surface area contributed by atoms with Crippen LogP contribution in [0.3, 0.4) is 0 Å². The second kappa shape index (κ2) is 9.65. The first-order chi connectivity index (χ1) is 16.7. The molecule has 1 aliphatic carbocycles. The van der Waals surface area contributed by atoms with Gasteiger partial charge in [-0.2, -0.15) is 0 Å². The van der Waals surface area contributed by atoms with Crippen molar-refractivity contribution in [2.75, 3.05) is 19.6 Å². The summed E-state index contributed by atoms with van der Waals surface area (Å²) in [6.07, 6.45) is 5.23. The molecule has 0 amide bonds. The molecule has 0 bridgehead atoms. The van der Waals surface area contributed by atoms with Crippen molar-refractivity contribution in [2.24, 2.45) is 18.1 Å². The third kappa shape index (κ3) is 5.31. The molecule has 3 aromatic rings. The number of halogens is 2. The average Bonchev–Trinajstić information content (AvgIpc) is 3.29. The molecule has 6 nitrogen and oxygen atoms in total. The number of sulfonamides is 1. The van der Waals surface area contributed by atoms with Crippen molar-refractivity contribution < 1.29 is 12.8 Å². The number of hydrogen-bond acceptors (Lipinski definition) is 4. The van der Waals surface area contributed by atoms with Gasteiger partial charge < -0.3 is 9.47 Å². The molecule has 0 spiro atoms. The highest BCUT2D eigenvalue weighted by Gasteiger charge is 2.35. The van der Waals surface area contributed by atoms with Crippen LogP contribution in [0.2, 0.25) is 5.02 Å². The molecule has 2 unspecified atom stereocenters. The molecule has 2 atom stereocenters. The minimum absolute atomic E-state index is 0.167. The van der Waals surface area contributed by atoms with Crippen LogP contribution in [0, 0.1) is 11.7 Å². The molecule has 9 heteroatoms. The van der Waals surface area contributed by atoms with Crippen molar-refractivity contribution in [1.82, 2.24) is 14.5 Å². The zero-order valence-corrected chi connectivity index (χ0v) is 21.3. The van der Waals surface area contributed by atoms with Crippen molar-refractivity contribution in [3.63, 3.8) is 0 Å². The molecule has 1 aliphatic heterocycles. The van der Waals surface area contributed by atoms with E-state index in [1.807, 2.05) is 24.3 Å². The lowest BCUT2D eigenvalue weighted by atomic mass is 9.85. The summed E-state index contributed by atoms with van der Waals surface area (Å²) in [4.78, 5) is 6.64. The maximum absolute atomic E-state index is 15.1. The van der Waals surface area contributed by atoms with Gasteiger partial charge in [0.25, 0.3) is 10.0 Å². The molecule has 186 valence electrons. The van der Waals surface area contributed by atoms with Crippen LogP contribution >= 0.6 is 11.6 Å². The van der Waals surface area contributed by atoms with Gasteiger partial charge >= 0.3 is 0 Å². The van der Waals surface area contributed by atoms with Gasteiger partial charge in [0.1, 0.15) is 11.6 Å². The van der Waals surface area contributed by atoms with Crippen molar-refractivity contribution in [1.29, 1.82) is 0 Å². The summed E-state index contributed by atoms with van der Waals surface area (Å²) in [7, 11) is -2.16. The lowest BCUT2D eigenvalue weighted by Gasteiger charge is -2.35. The van der Waals surface area contributed by atoms with Crippen molar-refractivity contribution in [3.8, 4) is 0 Å². The molecular weight excluding hydrogens is 487 g/mol. The van der Waals surface area contributed by atoms with Gasteiger partial charge in [0, 0.05) is 31.2 Å². The predicted molar refractivity (Wildman–Crippen MR) is 135 cm³/mol. The van der Waals surface area contributed by atoms with E-state index in [1.54, 1.807) is 17.7 Å². The van der Waals surface area contributed by atoms with Gasteiger partial charge in [-0.05, 0) is 91.1 Å². The number of primary sulfonamides is 1. The van der Waals surface area contributed by atoms with Crippen LogP contribution in [-0.2, 0) is 42.8 Å². The predicted octanol–water partition coefficient (Wildman–Crippen LogP) is 3.85. The maximum atomic E-state index is 15.1. The third-order valence-corrected chi connectivity index (χ3v) is 8.42. The fourth-order valence-corrected chi connectivity index (χ4v) is 6.19. The Labute approximate surface area is 211 Å². The number of imidazole rings is 1. The minimum atomic E-state index is -3.88. The van der Waals surface area contributed by atoms with Crippen LogP contribution in [0.15, 0.2) is 47.6 Å². The lowest BCUT2D eigenvalue weighted by molar-refractivity contribution is 0.145. The molecule has 2 heterocycles. The second-order valence-electron chi connectivity index (χ2n) is 9.85. The van der Waals surface area contributed by atoms with Gasteiger partial charge in [-0.25, -0.2) is 22.9 Å². The summed E-state index contributed by atoms with van der Waals surface area (Å²) >= 11 is 6.26. The largest absolute Gasteiger partial charge is 0.337 e.